The average molecular weight is 344 g/mol. The molecule has 0 saturated heterocycles. The van der Waals surface area contributed by atoms with Crippen molar-refractivity contribution >= 4 is 27.5 Å². The van der Waals surface area contributed by atoms with Crippen LogP contribution in [0.1, 0.15) is 10.5 Å². The molecule has 0 spiro atoms. The molecule has 7 heteroatoms. The zero-order valence-electron chi connectivity index (χ0n) is 10.8. The number of hydrogen-bond donors (Lipinski definition) is 1. The van der Waals surface area contributed by atoms with Crippen LogP contribution in [0.5, 0.6) is 0 Å². The SMILES string of the molecule is O=C(Nc1ccccc1-n1cncn1)c1ccc(Br)cn1. The zero-order chi connectivity index (χ0) is 14.7. The maximum Gasteiger partial charge on any atom is 0.274 e. The van der Waals surface area contributed by atoms with Crippen LogP contribution in [0.4, 0.5) is 5.69 Å². The molecular formula is C14H10BrN5O. The van der Waals surface area contributed by atoms with E-state index in [9.17, 15) is 4.79 Å². The Balaban J connectivity index is 1.88. The van der Waals surface area contributed by atoms with Crippen molar-refractivity contribution in [1.82, 2.24) is 19.7 Å². The minimum atomic E-state index is -0.282. The summed E-state index contributed by atoms with van der Waals surface area (Å²) in [6.07, 6.45) is 4.59. The van der Waals surface area contributed by atoms with Gasteiger partial charge >= 0.3 is 0 Å². The van der Waals surface area contributed by atoms with E-state index in [0.29, 0.717) is 11.4 Å². The number of rotatable bonds is 3. The van der Waals surface area contributed by atoms with Gasteiger partial charge in [0.1, 0.15) is 18.3 Å². The fraction of sp³-hybridized carbons (Fsp3) is 0. The predicted molar refractivity (Wildman–Crippen MR) is 81.2 cm³/mol. The minimum Gasteiger partial charge on any atom is -0.319 e. The van der Waals surface area contributed by atoms with E-state index in [4.69, 9.17) is 0 Å². The first-order valence-electron chi connectivity index (χ1n) is 6.11. The molecule has 1 amide bonds. The molecular weight excluding hydrogens is 334 g/mol. The summed E-state index contributed by atoms with van der Waals surface area (Å²) in [5, 5.41) is 6.90. The lowest BCUT2D eigenvalue weighted by molar-refractivity contribution is 0.102. The third kappa shape index (κ3) is 2.97. The first kappa shape index (κ1) is 13.4. The molecule has 0 bridgehead atoms. The maximum atomic E-state index is 12.2. The number of halogens is 1. The highest BCUT2D eigenvalue weighted by atomic mass is 79.9. The summed E-state index contributed by atoms with van der Waals surface area (Å²) in [5.74, 6) is -0.282. The Bertz CT molecular complexity index is 755. The summed E-state index contributed by atoms with van der Waals surface area (Å²) in [6.45, 7) is 0. The lowest BCUT2D eigenvalue weighted by Crippen LogP contribution is -2.15. The van der Waals surface area contributed by atoms with Gasteiger partial charge in [-0.1, -0.05) is 12.1 Å². The molecule has 0 fully saturated rings. The van der Waals surface area contributed by atoms with Crippen molar-refractivity contribution in [3.8, 4) is 5.69 Å². The van der Waals surface area contributed by atoms with Crippen LogP contribution >= 0.6 is 15.9 Å². The molecule has 104 valence electrons. The molecule has 0 unspecified atom stereocenters. The summed E-state index contributed by atoms with van der Waals surface area (Å²) >= 11 is 3.29. The summed E-state index contributed by atoms with van der Waals surface area (Å²) in [7, 11) is 0. The molecule has 1 aromatic carbocycles. The second-order valence-corrected chi connectivity index (χ2v) is 5.09. The summed E-state index contributed by atoms with van der Waals surface area (Å²) in [6, 6.07) is 10.8. The molecule has 0 aliphatic rings. The zero-order valence-corrected chi connectivity index (χ0v) is 12.4. The highest BCUT2D eigenvalue weighted by Gasteiger charge is 2.11. The Morgan fingerprint density at radius 3 is 2.76 bits per heavy atom. The monoisotopic (exact) mass is 343 g/mol. The highest BCUT2D eigenvalue weighted by Crippen LogP contribution is 2.19. The van der Waals surface area contributed by atoms with Crippen LogP contribution in [0.3, 0.4) is 0 Å². The minimum absolute atomic E-state index is 0.282. The molecule has 21 heavy (non-hydrogen) atoms. The molecule has 1 N–H and O–H groups in total. The number of para-hydroxylation sites is 2. The lowest BCUT2D eigenvalue weighted by atomic mass is 10.2. The quantitative estimate of drug-likeness (QED) is 0.793. The third-order valence-corrected chi connectivity index (χ3v) is 3.25. The third-order valence-electron chi connectivity index (χ3n) is 2.78. The summed E-state index contributed by atoms with van der Waals surface area (Å²) < 4.78 is 2.41. The van der Waals surface area contributed by atoms with Crippen LogP contribution in [0.15, 0.2) is 59.7 Å². The van der Waals surface area contributed by atoms with Gasteiger partial charge in [-0.3, -0.25) is 4.79 Å². The van der Waals surface area contributed by atoms with Gasteiger partial charge in [-0.15, -0.1) is 0 Å². The molecule has 0 saturated carbocycles. The van der Waals surface area contributed by atoms with Gasteiger partial charge in [0.25, 0.3) is 5.91 Å². The van der Waals surface area contributed by atoms with Crippen LogP contribution in [-0.2, 0) is 0 Å². The maximum absolute atomic E-state index is 12.2. The van der Waals surface area contributed by atoms with E-state index in [1.165, 1.54) is 6.33 Å². The van der Waals surface area contributed by atoms with Gasteiger partial charge in [0.05, 0.1) is 11.4 Å². The molecule has 3 rings (SSSR count). The molecule has 0 radical (unpaired) electrons. The number of anilines is 1. The largest absolute Gasteiger partial charge is 0.319 e. The van der Waals surface area contributed by atoms with Gasteiger partial charge in [-0.05, 0) is 40.2 Å². The number of pyridine rings is 1. The number of nitrogens with zero attached hydrogens (tertiary/aromatic N) is 4. The second-order valence-electron chi connectivity index (χ2n) is 4.17. The molecule has 0 atom stereocenters. The Kier molecular flexibility index (Phi) is 3.74. The Hall–Kier alpha value is -2.54. The van der Waals surface area contributed by atoms with E-state index in [0.717, 1.165) is 10.2 Å². The molecule has 0 aliphatic carbocycles. The van der Waals surface area contributed by atoms with E-state index in [-0.39, 0.29) is 5.91 Å². The fourth-order valence-electron chi connectivity index (χ4n) is 1.81. The van der Waals surface area contributed by atoms with Crippen LogP contribution in [0.25, 0.3) is 5.69 Å². The van der Waals surface area contributed by atoms with Gasteiger partial charge < -0.3 is 5.32 Å². The number of aromatic nitrogens is 4. The number of benzene rings is 1. The molecule has 2 aromatic heterocycles. The van der Waals surface area contributed by atoms with Gasteiger partial charge in [0.2, 0.25) is 0 Å². The van der Waals surface area contributed by atoms with Crippen molar-refractivity contribution < 1.29 is 4.79 Å². The van der Waals surface area contributed by atoms with E-state index in [1.54, 1.807) is 35.4 Å². The number of hydrogen-bond acceptors (Lipinski definition) is 4. The Morgan fingerprint density at radius 1 is 1.19 bits per heavy atom. The predicted octanol–water partition coefficient (Wildman–Crippen LogP) is 2.68. The van der Waals surface area contributed by atoms with Crippen LogP contribution in [0.2, 0.25) is 0 Å². The van der Waals surface area contributed by atoms with Crippen molar-refractivity contribution in [3.63, 3.8) is 0 Å². The summed E-state index contributed by atoms with van der Waals surface area (Å²) in [4.78, 5) is 20.2. The topological polar surface area (TPSA) is 72.7 Å². The Morgan fingerprint density at radius 2 is 2.05 bits per heavy atom. The smallest absolute Gasteiger partial charge is 0.274 e. The normalized spacial score (nSPS) is 10.3. The van der Waals surface area contributed by atoms with Crippen molar-refractivity contribution in [1.29, 1.82) is 0 Å². The first-order valence-corrected chi connectivity index (χ1v) is 6.90. The van der Waals surface area contributed by atoms with Gasteiger partial charge in [0, 0.05) is 10.7 Å². The van der Waals surface area contributed by atoms with E-state index >= 15 is 0 Å². The number of carbonyl (C=O) groups is 1. The second kappa shape index (κ2) is 5.84. The fourth-order valence-corrected chi connectivity index (χ4v) is 2.04. The van der Waals surface area contributed by atoms with Crippen LogP contribution in [-0.4, -0.2) is 25.7 Å². The lowest BCUT2D eigenvalue weighted by Gasteiger charge is -2.10. The van der Waals surface area contributed by atoms with Crippen molar-refractivity contribution in [2.45, 2.75) is 0 Å². The van der Waals surface area contributed by atoms with Gasteiger partial charge in [-0.25, -0.2) is 14.6 Å². The van der Waals surface area contributed by atoms with E-state index < -0.39 is 0 Å². The molecule has 6 nitrogen and oxygen atoms in total. The van der Waals surface area contributed by atoms with Crippen molar-refractivity contribution in [3.05, 3.63) is 65.4 Å². The standard InChI is InChI=1S/C14H10BrN5O/c15-10-5-6-12(17-7-10)14(21)19-11-3-1-2-4-13(11)20-9-16-8-18-20/h1-9H,(H,19,21). The van der Waals surface area contributed by atoms with Crippen LogP contribution in [0, 0.1) is 0 Å². The molecule has 3 aromatic rings. The van der Waals surface area contributed by atoms with Crippen LogP contribution < -0.4 is 5.32 Å². The molecule has 2 heterocycles. The summed E-state index contributed by atoms with van der Waals surface area (Å²) in [5.41, 5.74) is 1.71. The van der Waals surface area contributed by atoms with Gasteiger partial charge in [0.15, 0.2) is 0 Å². The van der Waals surface area contributed by atoms with Gasteiger partial charge in [-0.2, -0.15) is 5.10 Å². The van der Waals surface area contributed by atoms with Crippen molar-refractivity contribution in [2.75, 3.05) is 5.32 Å². The van der Waals surface area contributed by atoms with E-state index in [1.807, 2.05) is 18.2 Å². The highest BCUT2D eigenvalue weighted by molar-refractivity contribution is 9.10. The number of amides is 1. The first-order chi connectivity index (χ1) is 10.2. The number of nitrogens with one attached hydrogen (secondary N) is 1. The number of carbonyl (C=O) groups excluding carboxylic acids is 1. The Labute approximate surface area is 129 Å². The van der Waals surface area contributed by atoms with Crippen molar-refractivity contribution in [2.24, 2.45) is 0 Å². The molecule has 0 aliphatic heterocycles. The average Bonchev–Trinajstić information content (AvgIpc) is 3.02. The van der Waals surface area contributed by atoms with E-state index in [2.05, 4.69) is 36.3 Å².